The summed E-state index contributed by atoms with van der Waals surface area (Å²) in [6.45, 7) is 7.48. The Morgan fingerprint density at radius 1 is 1.13 bits per heavy atom. The van der Waals surface area contributed by atoms with Crippen LogP contribution >= 0.6 is 12.2 Å². The van der Waals surface area contributed by atoms with Crippen LogP contribution in [0.25, 0.3) is 0 Å². The molecule has 0 spiro atoms. The molecule has 2 fully saturated rings. The monoisotopic (exact) mass is 336 g/mol. The van der Waals surface area contributed by atoms with Gasteiger partial charge in [-0.15, -0.1) is 0 Å². The van der Waals surface area contributed by atoms with Gasteiger partial charge in [-0.3, -0.25) is 14.8 Å². The van der Waals surface area contributed by atoms with Crippen molar-refractivity contribution in [2.75, 3.05) is 59.3 Å². The molecule has 0 saturated carbocycles. The molecular weight excluding hydrogens is 312 g/mol. The third-order valence-corrected chi connectivity index (χ3v) is 4.58. The quantitative estimate of drug-likeness (QED) is 0.793. The predicted octanol–water partition coefficient (Wildman–Crippen LogP) is 0.662. The predicted molar refractivity (Wildman–Crippen MR) is 92.4 cm³/mol. The molecule has 126 valence electrons. The molecule has 1 aromatic heterocycles. The normalized spacial score (nSPS) is 21.7. The van der Waals surface area contributed by atoms with Gasteiger partial charge >= 0.3 is 0 Å². The molecule has 3 heterocycles. The molecule has 0 amide bonds. The van der Waals surface area contributed by atoms with Crippen LogP contribution in [-0.2, 0) is 9.47 Å². The fraction of sp³-hybridized carbons (Fsp3) is 0.625. The highest BCUT2D eigenvalue weighted by molar-refractivity contribution is 7.80. The number of aromatic nitrogens is 1. The van der Waals surface area contributed by atoms with Crippen LogP contribution in [0.1, 0.15) is 11.7 Å². The van der Waals surface area contributed by atoms with Crippen LogP contribution in [0, 0.1) is 0 Å². The van der Waals surface area contributed by atoms with Gasteiger partial charge in [-0.2, -0.15) is 0 Å². The Hall–Kier alpha value is -1.12. The number of thiocarbonyl (C=S) groups is 1. The first-order valence-corrected chi connectivity index (χ1v) is 8.56. The fourth-order valence-electron chi connectivity index (χ4n) is 2.91. The van der Waals surface area contributed by atoms with Crippen molar-refractivity contribution in [1.82, 2.24) is 20.1 Å². The van der Waals surface area contributed by atoms with E-state index >= 15 is 0 Å². The lowest BCUT2D eigenvalue weighted by atomic mass is 10.1. The van der Waals surface area contributed by atoms with Crippen molar-refractivity contribution in [3.63, 3.8) is 0 Å². The van der Waals surface area contributed by atoms with Crippen LogP contribution in [0.3, 0.4) is 0 Å². The summed E-state index contributed by atoms with van der Waals surface area (Å²) < 4.78 is 10.9. The zero-order valence-corrected chi connectivity index (χ0v) is 14.1. The molecule has 2 aliphatic heterocycles. The zero-order chi connectivity index (χ0) is 15.9. The molecule has 0 bridgehead atoms. The van der Waals surface area contributed by atoms with Gasteiger partial charge in [-0.1, -0.05) is 18.3 Å². The fourth-order valence-corrected chi connectivity index (χ4v) is 3.24. The summed E-state index contributed by atoms with van der Waals surface area (Å²) in [5, 5.41) is 3.43. The number of hydrogen-bond donors (Lipinski definition) is 1. The maximum absolute atomic E-state index is 5.72. The van der Waals surface area contributed by atoms with E-state index < -0.39 is 0 Å². The molecule has 3 rings (SSSR count). The number of hydrogen-bond acceptors (Lipinski definition) is 6. The van der Waals surface area contributed by atoms with E-state index in [4.69, 9.17) is 21.7 Å². The summed E-state index contributed by atoms with van der Waals surface area (Å²) in [5.74, 6) is 0. The van der Waals surface area contributed by atoms with Gasteiger partial charge < -0.3 is 14.8 Å². The van der Waals surface area contributed by atoms with Gasteiger partial charge in [-0.05, 0) is 12.1 Å². The second kappa shape index (κ2) is 8.65. The molecule has 2 saturated heterocycles. The molecule has 1 aromatic rings. The van der Waals surface area contributed by atoms with E-state index in [-0.39, 0.29) is 6.04 Å². The highest BCUT2D eigenvalue weighted by atomic mass is 32.1. The van der Waals surface area contributed by atoms with E-state index in [0.29, 0.717) is 0 Å². The van der Waals surface area contributed by atoms with Crippen LogP contribution in [0.2, 0.25) is 0 Å². The third kappa shape index (κ3) is 4.68. The summed E-state index contributed by atoms with van der Waals surface area (Å²) in [5.41, 5.74) is 0.994. The molecule has 0 aliphatic carbocycles. The topological polar surface area (TPSA) is 49.9 Å². The minimum absolute atomic E-state index is 0.0103. The Morgan fingerprint density at radius 3 is 2.48 bits per heavy atom. The minimum atomic E-state index is 0.0103. The number of morpholine rings is 2. The van der Waals surface area contributed by atoms with Gasteiger partial charge in [-0.25, -0.2) is 0 Å². The molecule has 23 heavy (non-hydrogen) atoms. The Morgan fingerprint density at radius 2 is 1.83 bits per heavy atom. The highest BCUT2D eigenvalue weighted by Crippen LogP contribution is 2.21. The number of pyridine rings is 1. The standard InChI is InChI=1S/C16H24N4O2S/c23-16(18-13-19-5-9-21-10-6-19)15(14-3-1-2-4-17-14)20-7-11-22-12-8-20/h1-4,15H,5-13H2,(H,18,23). The smallest absolute Gasteiger partial charge is 0.103 e. The first kappa shape index (κ1) is 16.7. The summed E-state index contributed by atoms with van der Waals surface area (Å²) >= 11 is 5.72. The van der Waals surface area contributed by atoms with Crippen molar-refractivity contribution in [3.8, 4) is 0 Å². The van der Waals surface area contributed by atoms with Crippen molar-refractivity contribution < 1.29 is 9.47 Å². The SMILES string of the molecule is S=C(NCN1CCOCC1)C(c1ccccn1)N1CCOCC1. The Balaban J connectivity index is 1.65. The number of rotatable bonds is 5. The van der Waals surface area contributed by atoms with Crippen LogP contribution in [-0.4, -0.2) is 79.0 Å². The highest BCUT2D eigenvalue weighted by Gasteiger charge is 2.27. The number of nitrogens with zero attached hydrogens (tertiary/aromatic N) is 3. The first-order chi connectivity index (χ1) is 11.3. The molecule has 2 aliphatic rings. The molecule has 1 unspecified atom stereocenters. The maximum Gasteiger partial charge on any atom is 0.103 e. The average molecular weight is 336 g/mol. The van der Waals surface area contributed by atoms with Crippen LogP contribution < -0.4 is 5.32 Å². The molecular formula is C16H24N4O2S. The van der Waals surface area contributed by atoms with Crippen LogP contribution in [0.15, 0.2) is 24.4 Å². The molecule has 0 radical (unpaired) electrons. The second-order valence-electron chi connectivity index (χ2n) is 5.74. The number of ether oxygens (including phenoxy) is 2. The zero-order valence-electron chi connectivity index (χ0n) is 13.3. The van der Waals surface area contributed by atoms with Crippen LogP contribution in [0.4, 0.5) is 0 Å². The van der Waals surface area contributed by atoms with Crippen LogP contribution in [0.5, 0.6) is 0 Å². The Labute approximate surface area is 142 Å². The molecule has 6 nitrogen and oxygen atoms in total. The first-order valence-electron chi connectivity index (χ1n) is 8.15. The lowest BCUT2D eigenvalue weighted by molar-refractivity contribution is 0.0262. The minimum Gasteiger partial charge on any atom is -0.379 e. The molecule has 1 N–H and O–H groups in total. The lowest BCUT2D eigenvalue weighted by Crippen LogP contribution is -2.49. The second-order valence-corrected chi connectivity index (χ2v) is 6.17. The largest absolute Gasteiger partial charge is 0.379 e. The van der Waals surface area contributed by atoms with Gasteiger partial charge in [0.05, 0.1) is 43.8 Å². The Bertz CT molecular complexity index is 490. The summed E-state index contributed by atoms with van der Waals surface area (Å²) in [6, 6.07) is 6.00. The third-order valence-electron chi connectivity index (χ3n) is 4.21. The van der Waals surface area contributed by atoms with E-state index in [1.54, 1.807) is 0 Å². The van der Waals surface area contributed by atoms with Crippen molar-refractivity contribution in [3.05, 3.63) is 30.1 Å². The molecule has 7 heteroatoms. The van der Waals surface area contributed by atoms with Gasteiger partial charge in [0.25, 0.3) is 0 Å². The van der Waals surface area contributed by atoms with Gasteiger partial charge in [0.15, 0.2) is 0 Å². The van der Waals surface area contributed by atoms with Crippen molar-refractivity contribution in [2.24, 2.45) is 0 Å². The van der Waals surface area contributed by atoms with Gasteiger partial charge in [0.2, 0.25) is 0 Å². The maximum atomic E-state index is 5.72. The summed E-state index contributed by atoms with van der Waals surface area (Å²) in [6.07, 6.45) is 1.83. The molecule has 0 aromatic carbocycles. The average Bonchev–Trinajstić information content (AvgIpc) is 2.63. The van der Waals surface area contributed by atoms with Crippen molar-refractivity contribution in [2.45, 2.75) is 6.04 Å². The number of nitrogens with one attached hydrogen (secondary N) is 1. The summed E-state index contributed by atoms with van der Waals surface area (Å²) in [7, 11) is 0. The van der Waals surface area contributed by atoms with E-state index in [9.17, 15) is 0 Å². The van der Waals surface area contributed by atoms with Gasteiger partial charge in [0.1, 0.15) is 6.04 Å². The Kier molecular flexibility index (Phi) is 6.29. The van der Waals surface area contributed by atoms with E-state index in [0.717, 1.165) is 70.0 Å². The summed E-state index contributed by atoms with van der Waals surface area (Å²) in [4.78, 5) is 10.0. The van der Waals surface area contributed by atoms with Gasteiger partial charge in [0, 0.05) is 32.4 Å². The van der Waals surface area contributed by atoms with E-state index in [1.165, 1.54) is 0 Å². The van der Waals surface area contributed by atoms with Crippen molar-refractivity contribution in [1.29, 1.82) is 0 Å². The molecule has 1 atom stereocenters. The van der Waals surface area contributed by atoms with E-state index in [1.807, 2.05) is 24.4 Å². The van der Waals surface area contributed by atoms with Crippen molar-refractivity contribution >= 4 is 17.2 Å². The van der Waals surface area contributed by atoms with E-state index in [2.05, 4.69) is 20.1 Å². The lowest BCUT2D eigenvalue weighted by Gasteiger charge is -2.35.